The second-order valence-corrected chi connectivity index (χ2v) is 8.52. The molecule has 1 amide bonds. The van der Waals surface area contributed by atoms with E-state index in [1.165, 1.54) is 17.1 Å². The maximum absolute atomic E-state index is 13.6. The first-order valence-corrected chi connectivity index (χ1v) is 11.4. The summed E-state index contributed by atoms with van der Waals surface area (Å²) in [7, 11) is 0. The van der Waals surface area contributed by atoms with E-state index in [9.17, 15) is 27.9 Å². The van der Waals surface area contributed by atoms with Crippen molar-refractivity contribution in [2.75, 3.05) is 4.90 Å². The van der Waals surface area contributed by atoms with E-state index in [1.807, 2.05) is 0 Å². The van der Waals surface area contributed by atoms with Crippen LogP contribution in [0.4, 0.5) is 19.0 Å². The van der Waals surface area contributed by atoms with Crippen LogP contribution in [0.1, 0.15) is 33.2 Å². The zero-order valence-electron chi connectivity index (χ0n) is 20.1. The predicted octanol–water partition coefficient (Wildman–Crippen LogP) is 3.50. The van der Waals surface area contributed by atoms with Crippen LogP contribution in [0.2, 0.25) is 0 Å². The maximum atomic E-state index is 13.6. The van der Waals surface area contributed by atoms with E-state index in [2.05, 4.69) is 30.5 Å². The van der Waals surface area contributed by atoms with Crippen LogP contribution in [0.25, 0.3) is 0 Å². The fraction of sp³-hybridized carbons (Fsp3) is 0.160. The number of hydrogen-bond acceptors (Lipinski definition) is 9. The Morgan fingerprint density at radius 2 is 1.74 bits per heavy atom. The molecule has 0 bridgehead atoms. The van der Waals surface area contributed by atoms with Gasteiger partial charge in [-0.3, -0.25) is 14.5 Å². The summed E-state index contributed by atoms with van der Waals surface area (Å²) in [5.41, 5.74) is 1.55. The Bertz CT molecular complexity index is 1540. The summed E-state index contributed by atoms with van der Waals surface area (Å²) in [6.45, 7) is 2.07. The average Bonchev–Trinajstić information content (AvgIpc) is 3.50. The Balaban J connectivity index is 1.53. The monoisotopic (exact) mass is 537 g/mol. The van der Waals surface area contributed by atoms with E-state index in [0.29, 0.717) is 17.8 Å². The van der Waals surface area contributed by atoms with Crippen LogP contribution in [0, 0.1) is 6.92 Å². The summed E-state index contributed by atoms with van der Waals surface area (Å²) in [5, 5.41) is 29.9. The van der Waals surface area contributed by atoms with Crippen LogP contribution in [-0.2, 0) is 11.3 Å². The number of aromatic nitrogens is 6. The minimum atomic E-state index is -4.90. The van der Waals surface area contributed by atoms with Crippen LogP contribution < -0.4 is 9.64 Å². The topological polar surface area (TPSA) is 136 Å². The van der Waals surface area contributed by atoms with Gasteiger partial charge >= 0.3 is 6.36 Å². The Morgan fingerprint density at radius 1 is 1.03 bits per heavy atom. The molecule has 1 aliphatic rings. The highest BCUT2D eigenvalue weighted by atomic mass is 19.4. The van der Waals surface area contributed by atoms with Gasteiger partial charge in [-0.1, -0.05) is 24.3 Å². The number of aliphatic hydroxyl groups excluding tert-OH is 1. The predicted molar refractivity (Wildman–Crippen MR) is 127 cm³/mol. The molecule has 0 saturated heterocycles. The largest absolute Gasteiger partial charge is 0.573 e. The third-order valence-corrected chi connectivity index (χ3v) is 5.86. The number of halogens is 3. The number of tetrazole rings is 1. The highest BCUT2D eigenvalue weighted by Crippen LogP contribution is 2.41. The molecule has 3 heterocycles. The number of amides is 1. The van der Waals surface area contributed by atoms with Crippen molar-refractivity contribution in [2.24, 2.45) is 0 Å². The highest BCUT2D eigenvalue weighted by Gasteiger charge is 2.45. The molecule has 0 radical (unpaired) electrons. The number of carbonyl (C=O) groups is 2. The second kappa shape index (κ2) is 9.96. The molecule has 14 heteroatoms. The summed E-state index contributed by atoms with van der Waals surface area (Å²) in [6, 6.07) is 13.1. The number of carbonyl (C=O) groups excluding carboxylic acids is 2. The number of anilines is 1. The van der Waals surface area contributed by atoms with Crippen LogP contribution in [-0.4, -0.2) is 53.6 Å². The molecule has 0 fully saturated rings. The molecule has 1 atom stereocenters. The molecule has 4 aromatic rings. The Morgan fingerprint density at radius 3 is 2.33 bits per heavy atom. The minimum absolute atomic E-state index is 0.0592. The van der Waals surface area contributed by atoms with Crippen LogP contribution >= 0.6 is 0 Å². The third kappa shape index (κ3) is 5.30. The number of hydrogen-bond donors (Lipinski definition) is 1. The van der Waals surface area contributed by atoms with Gasteiger partial charge in [0.2, 0.25) is 0 Å². The number of rotatable bonds is 7. The lowest BCUT2D eigenvalue weighted by molar-refractivity contribution is -0.274. The summed E-state index contributed by atoms with van der Waals surface area (Å²) < 4.78 is 43.0. The van der Waals surface area contributed by atoms with E-state index in [-0.39, 0.29) is 17.0 Å². The number of ketones is 1. The fourth-order valence-corrected chi connectivity index (χ4v) is 4.12. The van der Waals surface area contributed by atoms with Crippen LogP contribution in [0.3, 0.4) is 0 Å². The summed E-state index contributed by atoms with van der Waals surface area (Å²) in [5.74, 6) is -2.87. The fourth-order valence-electron chi connectivity index (χ4n) is 4.12. The van der Waals surface area contributed by atoms with E-state index in [1.54, 1.807) is 37.3 Å². The molecule has 11 nitrogen and oxygen atoms in total. The highest BCUT2D eigenvalue weighted by molar-refractivity contribution is 6.20. The van der Waals surface area contributed by atoms with Crippen molar-refractivity contribution in [1.29, 1.82) is 0 Å². The Labute approximate surface area is 218 Å². The molecule has 0 spiro atoms. The number of ether oxygens (including phenoxy) is 1. The number of alkyl halides is 3. The molecule has 39 heavy (non-hydrogen) atoms. The van der Waals surface area contributed by atoms with Gasteiger partial charge in [-0.05, 0) is 64.9 Å². The van der Waals surface area contributed by atoms with Gasteiger partial charge in [-0.2, -0.15) is 5.10 Å². The smallest absolute Gasteiger partial charge is 0.503 e. The first-order valence-electron chi connectivity index (χ1n) is 11.4. The van der Waals surface area contributed by atoms with Crippen molar-refractivity contribution in [2.45, 2.75) is 25.9 Å². The summed E-state index contributed by atoms with van der Waals surface area (Å²) >= 11 is 0. The minimum Gasteiger partial charge on any atom is -0.503 e. The Kier molecular flexibility index (Phi) is 6.52. The zero-order chi connectivity index (χ0) is 27.7. The number of benzene rings is 2. The van der Waals surface area contributed by atoms with E-state index in [0.717, 1.165) is 34.7 Å². The van der Waals surface area contributed by atoms with Crippen molar-refractivity contribution in [3.05, 3.63) is 101 Å². The van der Waals surface area contributed by atoms with Crippen LogP contribution in [0.15, 0.2) is 78.3 Å². The lowest BCUT2D eigenvalue weighted by Crippen LogP contribution is -2.32. The van der Waals surface area contributed by atoms with Gasteiger partial charge in [0.1, 0.15) is 12.1 Å². The van der Waals surface area contributed by atoms with Crippen molar-refractivity contribution in [1.82, 2.24) is 30.4 Å². The first-order chi connectivity index (χ1) is 18.6. The number of Topliss-reactive ketones (excluding diaryl/α,β-unsaturated/α-hetero) is 1. The van der Waals surface area contributed by atoms with E-state index < -0.39 is 35.6 Å². The van der Waals surface area contributed by atoms with Gasteiger partial charge < -0.3 is 9.84 Å². The summed E-state index contributed by atoms with van der Waals surface area (Å²) in [4.78, 5) is 28.0. The molecule has 1 aliphatic heterocycles. The standard InChI is InChI=1S/C25H18F3N7O4/c1-14-2-11-19(31-30-14)35-21(16-5-3-15(4-6-16)12-34-13-29-32-33-34)20(23(37)24(35)38)22(36)17-7-9-18(10-8-17)39-25(26,27)28/h2-11,13,21,37H,12H2,1H3. The lowest BCUT2D eigenvalue weighted by Gasteiger charge is -2.25. The number of aryl methyl sites for hydroxylation is 1. The van der Waals surface area contributed by atoms with Gasteiger partial charge in [0.25, 0.3) is 5.91 Å². The zero-order valence-corrected chi connectivity index (χ0v) is 20.1. The molecule has 2 aromatic heterocycles. The van der Waals surface area contributed by atoms with Crippen molar-refractivity contribution >= 4 is 17.5 Å². The van der Waals surface area contributed by atoms with Gasteiger partial charge in [-0.15, -0.1) is 23.4 Å². The van der Waals surface area contributed by atoms with Crippen molar-refractivity contribution in [3.63, 3.8) is 0 Å². The molecule has 5 rings (SSSR count). The molecule has 0 aliphatic carbocycles. The van der Waals surface area contributed by atoms with Gasteiger partial charge in [0.05, 0.1) is 23.9 Å². The molecule has 0 saturated carbocycles. The first kappa shape index (κ1) is 25.5. The molecular weight excluding hydrogens is 519 g/mol. The van der Waals surface area contributed by atoms with Crippen molar-refractivity contribution in [3.8, 4) is 5.75 Å². The third-order valence-electron chi connectivity index (χ3n) is 5.86. The van der Waals surface area contributed by atoms with Gasteiger partial charge in [-0.25, -0.2) is 4.68 Å². The number of nitrogens with zero attached hydrogens (tertiary/aromatic N) is 7. The van der Waals surface area contributed by atoms with Crippen LogP contribution in [0.5, 0.6) is 5.75 Å². The lowest BCUT2D eigenvalue weighted by atomic mass is 9.92. The normalized spacial score (nSPS) is 15.6. The van der Waals surface area contributed by atoms with Gasteiger partial charge in [0, 0.05) is 5.56 Å². The molecule has 198 valence electrons. The molecule has 2 aromatic carbocycles. The van der Waals surface area contributed by atoms with E-state index >= 15 is 0 Å². The molecule has 1 N–H and O–H groups in total. The SMILES string of the molecule is Cc1ccc(N2C(=O)C(O)=C(C(=O)c3ccc(OC(F)(F)F)cc3)C2c2ccc(Cn3cnnn3)cc2)nn1. The maximum Gasteiger partial charge on any atom is 0.573 e. The second-order valence-electron chi connectivity index (χ2n) is 8.52. The molecule has 1 unspecified atom stereocenters. The molecular formula is C25H18F3N7O4. The average molecular weight is 537 g/mol. The Hall–Kier alpha value is -5.14. The summed E-state index contributed by atoms with van der Waals surface area (Å²) in [6.07, 6.45) is -3.45. The van der Waals surface area contributed by atoms with Gasteiger partial charge in [0.15, 0.2) is 17.4 Å². The number of aliphatic hydroxyl groups is 1. The van der Waals surface area contributed by atoms with Crippen molar-refractivity contribution < 1.29 is 32.6 Å². The van der Waals surface area contributed by atoms with E-state index in [4.69, 9.17) is 0 Å². The quantitative estimate of drug-likeness (QED) is 0.351.